The van der Waals surface area contributed by atoms with Crippen LogP contribution in [0.5, 0.6) is 5.75 Å². The fourth-order valence-corrected chi connectivity index (χ4v) is 6.51. The molecule has 1 aromatic carbocycles. The molecule has 1 aliphatic heterocycles. The summed E-state index contributed by atoms with van der Waals surface area (Å²) in [6.45, 7) is 8.44. The van der Waals surface area contributed by atoms with Crippen molar-refractivity contribution >= 4 is 22.9 Å². The maximum absolute atomic E-state index is 13.4. The second-order valence-electron chi connectivity index (χ2n) is 11.0. The van der Waals surface area contributed by atoms with Gasteiger partial charge in [-0.3, -0.25) is 9.59 Å². The first-order valence-electron chi connectivity index (χ1n) is 11.5. The zero-order valence-electron chi connectivity index (χ0n) is 19.9. The Labute approximate surface area is 199 Å². The van der Waals surface area contributed by atoms with Crippen molar-refractivity contribution in [2.45, 2.75) is 59.3 Å². The van der Waals surface area contributed by atoms with Gasteiger partial charge in [0.25, 0.3) is 0 Å². The summed E-state index contributed by atoms with van der Waals surface area (Å²) >= 11 is 1.65. The average Bonchev–Trinajstić information content (AvgIpc) is 3.20. The minimum absolute atomic E-state index is 0.106. The van der Waals surface area contributed by atoms with E-state index in [2.05, 4.69) is 39.8 Å². The number of hydrogen-bond acceptors (Lipinski definition) is 5. The van der Waals surface area contributed by atoms with Gasteiger partial charge in [0.1, 0.15) is 17.3 Å². The van der Waals surface area contributed by atoms with Gasteiger partial charge >= 0.3 is 0 Å². The van der Waals surface area contributed by atoms with E-state index in [9.17, 15) is 9.59 Å². The second kappa shape index (κ2) is 7.69. The van der Waals surface area contributed by atoms with Crippen LogP contribution < -0.4 is 4.74 Å². The van der Waals surface area contributed by atoms with Crippen LogP contribution in [0, 0.1) is 10.8 Å². The number of carbonyl (C=O) groups is 2. The highest BCUT2D eigenvalue weighted by Gasteiger charge is 2.48. The number of methoxy groups -OCH3 is 1. The third-order valence-corrected chi connectivity index (χ3v) is 8.07. The van der Waals surface area contributed by atoms with Crippen LogP contribution in [-0.4, -0.2) is 18.7 Å². The Morgan fingerprint density at radius 3 is 1.88 bits per heavy atom. The Bertz CT molecular complexity index is 1150. The van der Waals surface area contributed by atoms with E-state index in [1.165, 1.54) is 0 Å². The summed E-state index contributed by atoms with van der Waals surface area (Å²) in [4.78, 5) is 28.9. The molecule has 5 rings (SSSR count). The summed E-state index contributed by atoms with van der Waals surface area (Å²) in [5.74, 6) is 2.24. The van der Waals surface area contributed by atoms with Crippen molar-refractivity contribution in [2.24, 2.45) is 10.8 Å². The van der Waals surface area contributed by atoms with Crippen LogP contribution in [0.25, 0.3) is 10.4 Å². The van der Waals surface area contributed by atoms with E-state index in [-0.39, 0.29) is 28.3 Å². The van der Waals surface area contributed by atoms with Crippen LogP contribution in [0.4, 0.5) is 0 Å². The monoisotopic (exact) mass is 462 g/mol. The van der Waals surface area contributed by atoms with Gasteiger partial charge in [0.2, 0.25) is 0 Å². The van der Waals surface area contributed by atoms with Crippen molar-refractivity contribution in [3.05, 3.63) is 63.9 Å². The van der Waals surface area contributed by atoms with Gasteiger partial charge in [-0.2, -0.15) is 0 Å². The zero-order valence-corrected chi connectivity index (χ0v) is 20.7. The fourth-order valence-electron chi connectivity index (χ4n) is 5.38. The van der Waals surface area contributed by atoms with Gasteiger partial charge in [-0.25, -0.2) is 0 Å². The third kappa shape index (κ3) is 3.97. The topological polar surface area (TPSA) is 52.6 Å². The highest BCUT2D eigenvalue weighted by Crippen LogP contribution is 2.54. The van der Waals surface area contributed by atoms with Crippen LogP contribution >= 0.6 is 11.3 Å². The quantitative estimate of drug-likeness (QED) is 0.502. The van der Waals surface area contributed by atoms with Crippen LogP contribution in [0.15, 0.2) is 59.1 Å². The van der Waals surface area contributed by atoms with E-state index >= 15 is 0 Å². The number of hydrogen-bond donors (Lipinski definition) is 0. The molecular formula is C28H30O4S. The molecule has 2 heterocycles. The van der Waals surface area contributed by atoms with Gasteiger partial charge in [0.15, 0.2) is 11.6 Å². The molecule has 0 spiro atoms. The van der Waals surface area contributed by atoms with E-state index in [0.717, 1.165) is 32.6 Å². The Kier molecular flexibility index (Phi) is 5.16. The van der Waals surface area contributed by atoms with Crippen molar-refractivity contribution < 1.29 is 19.1 Å². The highest BCUT2D eigenvalue weighted by atomic mass is 32.1. The molecule has 0 radical (unpaired) electrons. The Morgan fingerprint density at radius 1 is 0.818 bits per heavy atom. The molecule has 0 unspecified atom stereocenters. The molecule has 33 heavy (non-hydrogen) atoms. The van der Waals surface area contributed by atoms with Crippen molar-refractivity contribution in [3.8, 4) is 16.2 Å². The lowest BCUT2D eigenvalue weighted by Gasteiger charge is -2.42. The minimum Gasteiger partial charge on any atom is -0.497 e. The van der Waals surface area contributed by atoms with Gasteiger partial charge < -0.3 is 9.47 Å². The molecule has 3 aliphatic rings. The van der Waals surface area contributed by atoms with Gasteiger partial charge in [-0.1, -0.05) is 27.7 Å². The molecule has 5 heteroatoms. The number of allylic oxidation sites excluding steroid dienone is 4. The third-order valence-electron chi connectivity index (χ3n) is 6.87. The molecule has 0 saturated heterocycles. The fraction of sp³-hybridized carbons (Fsp3) is 0.429. The predicted octanol–water partition coefficient (Wildman–Crippen LogP) is 6.82. The summed E-state index contributed by atoms with van der Waals surface area (Å²) in [7, 11) is 1.66. The van der Waals surface area contributed by atoms with E-state index in [1.807, 2.05) is 24.3 Å². The van der Waals surface area contributed by atoms with Gasteiger partial charge in [-0.05, 0) is 52.8 Å². The number of ketones is 2. The number of thiophene rings is 1. The largest absolute Gasteiger partial charge is 0.497 e. The first-order chi connectivity index (χ1) is 15.6. The van der Waals surface area contributed by atoms with Gasteiger partial charge in [0, 0.05) is 46.6 Å². The number of rotatable bonds is 3. The van der Waals surface area contributed by atoms with Crippen LogP contribution in [0.1, 0.15) is 64.2 Å². The standard InChI is InChI=1S/C28H30O4S/c1-27(2)12-18(29)24-20(14-27)32-21-15-28(3,4)13-19(30)25(21)26(24)23-11-10-22(33-23)16-6-8-17(31-5)9-7-16/h6-11,26H,12-15H2,1-5H3. The van der Waals surface area contributed by atoms with E-state index in [1.54, 1.807) is 18.4 Å². The minimum atomic E-state index is -0.326. The number of ether oxygens (including phenoxy) is 2. The molecule has 0 N–H and O–H groups in total. The SMILES string of the molecule is COc1ccc(-c2ccc(C3C4=C(CC(C)(C)CC4=O)OC4=C3C(=O)CC(C)(C)C4)s2)cc1. The number of benzene rings is 1. The van der Waals surface area contributed by atoms with Crippen molar-refractivity contribution in [3.63, 3.8) is 0 Å². The molecule has 4 nitrogen and oxygen atoms in total. The highest BCUT2D eigenvalue weighted by molar-refractivity contribution is 7.15. The molecule has 0 saturated carbocycles. The maximum atomic E-state index is 13.4. The Hall–Kier alpha value is -2.66. The smallest absolute Gasteiger partial charge is 0.163 e. The molecule has 172 valence electrons. The van der Waals surface area contributed by atoms with Gasteiger partial charge in [-0.15, -0.1) is 11.3 Å². The van der Waals surface area contributed by atoms with Crippen molar-refractivity contribution in [1.29, 1.82) is 0 Å². The predicted molar refractivity (Wildman–Crippen MR) is 130 cm³/mol. The summed E-state index contributed by atoms with van der Waals surface area (Å²) < 4.78 is 11.7. The molecule has 0 bridgehead atoms. The summed E-state index contributed by atoms with van der Waals surface area (Å²) in [5, 5.41) is 0. The van der Waals surface area contributed by atoms with Crippen LogP contribution in [-0.2, 0) is 14.3 Å². The zero-order chi connectivity index (χ0) is 23.5. The maximum Gasteiger partial charge on any atom is 0.163 e. The van der Waals surface area contributed by atoms with Gasteiger partial charge in [0.05, 0.1) is 13.0 Å². The second-order valence-corrected chi connectivity index (χ2v) is 12.1. The number of Topliss-reactive ketones (excluding diaryl/α,β-unsaturated/α-hetero) is 2. The van der Waals surface area contributed by atoms with Crippen LogP contribution in [0.3, 0.4) is 0 Å². The Balaban J connectivity index is 1.62. The summed E-state index contributed by atoms with van der Waals surface area (Å²) in [5.41, 5.74) is 2.20. The van der Waals surface area contributed by atoms with E-state index in [4.69, 9.17) is 9.47 Å². The summed E-state index contributed by atoms with van der Waals surface area (Å²) in [6, 6.07) is 12.1. The van der Waals surface area contributed by atoms with Crippen molar-refractivity contribution in [2.75, 3.05) is 7.11 Å². The molecule has 0 atom stereocenters. The van der Waals surface area contributed by atoms with Crippen molar-refractivity contribution in [1.82, 2.24) is 0 Å². The molecule has 2 aromatic rings. The first-order valence-corrected chi connectivity index (χ1v) is 12.3. The molecule has 0 fully saturated rings. The molecular weight excluding hydrogens is 432 g/mol. The van der Waals surface area contributed by atoms with E-state index < -0.39 is 0 Å². The normalized spacial score (nSPS) is 22.1. The lowest BCUT2D eigenvalue weighted by atomic mass is 9.67. The summed E-state index contributed by atoms with van der Waals surface area (Å²) in [6.07, 6.45) is 2.38. The Morgan fingerprint density at radius 2 is 1.36 bits per heavy atom. The molecule has 1 aromatic heterocycles. The lowest BCUT2D eigenvalue weighted by molar-refractivity contribution is -0.120. The number of carbonyl (C=O) groups excluding carboxylic acids is 2. The first kappa shape index (κ1) is 22.1. The molecule has 2 aliphatic carbocycles. The van der Waals surface area contributed by atoms with Crippen LogP contribution in [0.2, 0.25) is 0 Å². The molecule has 0 amide bonds. The lowest BCUT2D eigenvalue weighted by Crippen LogP contribution is -2.37. The average molecular weight is 463 g/mol. The van der Waals surface area contributed by atoms with E-state index in [0.29, 0.717) is 36.8 Å².